The summed E-state index contributed by atoms with van der Waals surface area (Å²) in [6.07, 6.45) is -3.08. The Morgan fingerprint density at radius 2 is 1.25 bits per heavy atom. The standard InChI is InChI=1S/C12H9N3O13/c16-8(17)3-12(11(20)21,4-9(18)19)28-10-6(14(24)25)1-5(13(22)23)2-7(10)15(26)27/h1-2H,3-4H2,(H,16,17)(H,18,19)(H,20,21). The van der Waals surface area contributed by atoms with Gasteiger partial charge in [0.1, 0.15) is 0 Å². The SMILES string of the molecule is O=C(O)CC(CC(=O)O)(Oc1c([N+](=O)[O-])cc([N+](=O)[O-])cc1[N+](=O)[O-])C(=O)O. The van der Waals surface area contributed by atoms with Crippen molar-refractivity contribution in [1.29, 1.82) is 0 Å². The van der Waals surface area contributed by atoms with Crippen LogP contribution in [-0.2, 0) is 14.4 Å². The van der Waals surface area contributed by atoms with Gasteiger partial charge in [0, 0.05) is 0 Å². The van der Waals surface area contributed by atoms with E-state index in [0.29, 0.717) is 0 Å². The Kier molecular flexibility index (Phi) is 6.11. The van der Waals surface area contributed by atoms with Crippen molar-refractivity contribution < 1.29 is 49.2 Å². The predicted molar refractivity (Wildman–Crippen MR) is 81.9 cm³/mol. The van der Waals surface area contributed by atoms with E-state index in [1.54, 1.807) is 0 Å². The third-order valence-corrected chi connectivity index (χ3v) is 3.20. The van der Waals surface area contributed by atoms with Crippen molar-refractivity contribution in [3.63, 3.8) is 0 Å². The lowest BCUT2D eigenvalue weighted by Gasteiger charge is -2.26. The summed E-state index contributed by atoms with van der Waals surface area (Å²) in [5, 5.41) is 60.2. The van der Waals surface area contributed by atoms with Gasteiger partial charge in [-0.25, -0.2) is 4.79 Å². The second-order valence-electron chi connectivity index (χ2n) is 5.13. The smallest absolute Gasteiger partial charge is 0.349 e. The number of carboxylic acid groups (broad SMARTS) is 3. The van der Waals surface area contributed by atoms with Crippen LogP contribution in [-0.4, -0.2) is 53.6 Å². The zero-order valence-corrected chi connectivity index (χ0v) is 13.3. The highest BCUT2D eigenvalue weighted by atomic mass is 16.6. The van der Waals surface area contributed by atoms with Crippen LogP contribution in [0.3, 0.4) is 0 Å². The normalized spacial score (nSPS) is 10.7. The zero-order chi connectivity index (χ0) is 21.8. The fourth-order valence-corrected chi connectivity index (χ4v) is 2.08. The van der Waals surface area contributed by atoms with Gasteiger partial charge in [-0.3, -0.25) is 39.9 Å². The molecule has 28 heavy (non-hydrogen) atoms. The largest absolute Gasteiger partial charge is 0.481 e. The topological polar surface area (TPSA) is 251 Å². The Hall–Kier alpha value is -4.37. The van der Waals surface area contributed by atoms with Crippen LogP contribution in [0.5, 0.6) is 5.75 Å². The number of carboxylic acids is 3. The van der Waals surface area contributed by atoms with Crippen LogP contribution in [0.15, 0.2) is 12.1 Å². The number of nitro groups is 3. The molecule has 0 amide bonds. The van der Waals surface area contributed by atoms with E-state index in [1.807, 2.05) is 0 Å². The maximum absolute atomic E-state index is 11.5. The van der Waals surface area contributed by atoms with E-state index < -0.39 is 73.9 Å². The van der Waals surface area contributed by atoms with Gasteiger partial charge in [0.15, 0.2) is 0 Å². The molecule has 0 aliphatic carbocycles. The molecular weight excluding hydrogens is 394 g/mol. The Labute approximate surface area is 152 Å². The van der Waals surface area contributed by atoms with Gasteiger partial charge in [0.25, 0.3) is 11.4 Å². The van der Waals surface area contributed by atoms with E-state index in [9.17, 15) is 49.8 Å². The van der Waals surface area contributed by atoms with Crippen molar-refractivity contribution >= 4 is 35.0 Å². The summed E-state index contributed by atoms with van der Waals surface area (Å²) >= 11 is 0. The molecule has 1 aromatic rings. The van der Waals surface area contributed by atoms with Gasteiger partial charge in [0.05, 0.1) is 39.7 Å². The fraction of sp³-hybridized carbons (Fsp3) is 0.250. The third kappa shape index (κ3) is 4.62. The van der Waals surface area contributed by atoms with Crippen LogP contribution in [0.25, 0.3) is 0 Å². The summed E-state index contributed by atoms with van der Waals surface area (Å²) in [5.41, 5.74) is -7.14. The van der Waals surface area contributed by atoms with E-state index in [4.69, 9.17) is 14.9 Å². The Balaban J connectivity index is 3.83. The molecule has 0 saturated heterocycles. The molecule has 3 N–H and O–H groups in total. The van der Waals surface area contributed by atoms with Gasteiger partial charge < -0.3 is 20.1 Å². The first kappa shape index (κ1) is 21.7. The van der Waals surface area contributed by atoms with Crippen LogP contribution in [0.2, 0.25) is 0 Å². The highest BCUT2D eigenvalue weighted by Crippen LogP contribution is 2.43. The summed E-state index contributed by atoms with van der Waals surface area (Å²) < 4.78 is 4.74. The number of nitro benzene ring substituents is 3. The number of nitrogens with zero attached hydrogens (tertiary/aromatic N) is 3. The number of hydrogen-bond donors (Lipinski definition) is 3. The summed E-state index contributed by atoms with van der Waals surface area (Å²) in [6, 6.07) is 0.437. The molecule has 16 heteroatoms. The van der Waals surface area contributed by atoms with Crippen LogP contribution < -0.4 is 4.74 Å². The van der Waals surface area contributed by atoms with Gasteiger partial charge in [-0.1, -0.05) is 0 Å². The number of rotatable bonds is 10. The van der Waals surface area contributed by atoms with Crippen molar-refractivity contribution in [2.45, 2.75) is 18.4 Å². The van der Waals surface area contributed by atoms with Gasteiger partial charge in [0.2, 0.25) is 5.60 Å². The maximum Gasteiger partial charge on any atom is 0.349 e. The lowest BCUT2D eigenvalue weighted by molar-refractivity contribution is -0.404. The molecule has 0 saturated carbocycles. The minimum absolute atomic E-state index is 0.219. The van der Waals surface area contributed by atoms with Crippen molar-refractivity contribution in [1.82, 2.24) is 0 Å². The Morgan fingerprint density at radius 1 is 0.857 bits per heavy atom. The highest BCUT2D eigenvalue weighted by molar-refractivity contribution is 5.89. The van der Waals surface area contributed by atoms with Gasteiger partial charge in [-0.2, -0.15) is 0 Å². The first-order valence-corrected chi connectivity index (χ1v) is 6.78. The average molecular weight is 403 g/mol. The molecule has 0 aromatic heterocycles. The second-order valence-corrected chi connectivity index (χ2v) is 5.13. The molecule has 0 bridgehead atoms. The molecule has 0 atom stereocenters. The minimum atomic E-state index is -3.18. The van der Waals surface area contributed by atoms with E-state index >= 15 is 0 Å². The molecule has 150 valence electrons. The molecular formula is C12H9N3O13. The Morgan fingerprint density at radius 3 is 1.50 bits per heavy atom. The van der Waals surface area contributed by atoms with Crippen LogP contribution in [0.1, 0.15) is 12.8 Å². The molecule has 0 spiro atoms. The summed E-state index contributed by atoms with van der Waals surface area (Å²) in [6.45, 7) is 0. The summed E-state index contributed by atoms with van der Waals surface area (Å²) in [5.74, 6) is -7.42. The predicted octanol–water partition coefficient (Wildman–Crippen LogP) is 0.563. The first-order chi connectivity index (χ1) is 12.8. The van der Waals surface area contributed by atoms with Gasteiger partial charge in [-0.15, -0.1) is 0 Å². The first-order valence-electron chi connectivity index (χ1n) is 6.78. The van der Waals surface area contributed by atoms with E-state index in [1.165, 1.54) is 0 Å². The molecule has 0 heterocycles. The van der Waals surface area contributed by atoms with E-state index in [0.717, 1.165) is 0 Å². The summed E-state index contributed by atoms with van der Waals surface area (Å²) in [7, 11) is 0. The third-order valence-electron chi connectivity index (χ3n) is 3.20. The van der Waals surface area contributed by atoms with Crippen molar-refractivity contribution in [2.75, 3.05) is 0 Å². The highest BCUT2D eigenvalue weighted by Gasteiger charge is 2.49. The lowest BCUT2D eigenvalue weighted by Crippen LogP contribution is -2.48. The molecule has 0 aliphatic heterocycles. The molecule has 0 fully saturated rings. The number of ether oxygens (including phenoxy) is 1. The molecule has 0 unspecified atom stereocenters. The van der Waals surface area contributed by atoms with Crippen molar-refractivity contribution in [2.24, 2.45) is 0 Å². The molecule has 1 rings (SSSR count). The number of non-ortho nitro benzene ring substituents is 1. The number of benzene rings is 1. The second kappa shape index (κ2) is 7.89. The fourth-order valence-electron chi connectivity index (χ4n) is 2.08. The quantitative estimate of drug-likeness (QED) is 0.357. The van der Waals surface area contributed by atoms with Crippen molar-refractivity contribution in [3.05, 3.63) is 42.5 Å². The van der Waals surface area contributed by atoms with E-state index in [-0.39, 0.29) is 12.1 Å². The van der Waals surface area contributed by atoms with E-state index in [2.05, 4.69) is 0 Å². The number of aliphatic carboxylic acids is 3. The maximum atomic E-state index is 11.5. The molecule has 1 aromatic carbocycles. The molecule has 0 radical (unpaired) electrons. The molecule has 16 nitrogen and oxygen atoms in total. The van der Waals surface area contributed by atoms with Gasteiger partial charge in [-0.05, 0) is 0 Å². The van der Waals surface area contributed by atoms with Crippen LogP contribution >= 0.6 is 0 Å². The molecule has 0 aliphatic rings. The Bertz CT molecular complexity index is 842. The van der Waals surface area contributed by atoms with Gasteiger partial charge >= 0.3 is 29.3 Å². The minimum Gasteiger partial charge on any atom is -0.481 e. The zero-order valence-electron chi connectivity index (χ0n) is 13.3. The monoisotopic (exact) mass is 403 g/mol. The average Bonchev–Trinajstić information content (AvgIpc) is 2.52. The van der Waals surface area contributed by atoms with Crippen molar-refractivity contribution in [3.8, 4) is 5.75 Å². The number of carbonyl (C=O) groups is 3. The van der Waals surface area contributed by atoms with Crippen LogP contribution in [0.4, 0.5) is 17.1 Å². The number of hydrogen-bond acceptors (Lipinski definition) is 10. The lowest BCUT2D eigenvalue weighted by atomic mass is 9.95. The summed E-state index contributed by atoms with van der Waals surface area (Å²) in [4.78, 5) is 62.7. The van der Waals surface area contributed by atoms with Crippen LogP contribution in [0, 0.1) is 30.3 Å².